The molecule has 0 saturated heterocycles. The predicted octanol–water partition coefficient (Wildman–Crippen LogP) is 2.10. The highest BCUT2D eigenvalue weighted by atomic mass is 15.1. The fourth-order valence-corrected chi connectivity index (χ4v) is 1.71. The second-order valence-electron chi connectivity index (χ2n) is 6.20. The Morgan fingerprint density at radius 3 is 2.06 bits per heavy atom. The van der Waals surface area contributed by atoms with Gasteiger partial charge in [0.05, 0.1) is 0 Å². The van der Waals surface area contributed by atoms with Gasteiger partial charge in [-0.25, -0.2) is 9.97 Å². The maximum atomic E-state index is 4.25. The number of rotatable bonds is 5. The van der Waals surface area contributed by atoms with Crippen LogP contribution >= 0.6 is 0 Å². The van der Waals surface area contributed by atoms with Crippen LogP contribution < -0.4 is 16.0 Å². The molecule has 0 aliphatic rings. The van der Waals surface area contributed by atoms with Gasteiger partial charge < -0.3 is 16.0 Å². The third-order valence-corrected chi connectivity index (χ3v) is 2.26. The summed E-state index contributed by atoms with van der Waals surface area (Å²) in [5.74, 6) is 1.66. The summed E-state index contributed by atoms with van der Waals surface area (Å²) in [6.45, 7) is 11.4. The van der Waals surface area contributed by atoms with Gasteiger partial charge in [-0.3, -0.25) is 0 Å². The normalized spacial score (nSPS) is 12.3. The summed E-state index contributed by atoms with van der Waals surface area (Å²) < 4.78 is 0. The van der Waals surface area contributed by atoms with Gasteiger partial charge in [0.2, 0.25) is 0 Å². The van der Waals surface area contributed by atoms with E-state index in [4.69, 9.17) is 0 Å². The molecule has 1 heterocycles. The molecule has 0 radical (unpaired) electrons. The van der Waals surface area contributed by atoms with Crippen molar-refractivity contribution in [3.63, 3.8) is 0 Å². The zero-order chi connectivity index (χ0) is 13.8. The van der Waals surface area contributed by atoms with E-state index in [0.29, 0.717) is 0 Å². The van der Waals surface area contributed by atoms with Crippen LogP contribution in [0.2, 0.25) is 0 Å². The van der Waals surface area contributed by atoms with Gasteiger partial charge in [-0.1, -0.05) is 0 Å². The van der Waals surface area contributed by atoms with E-state index >= 15 is 0 Å². The van der Waals surface area contributed by atoms with Gasteiger partial charge in [0.25, 0.3) is 0 Å². The van der Waals surface area contributed by atoms with E-state index < -0.39 is 0 Å². The van der Waals surface area contributed by atoms with Crippen LogP contribution in [0, 0.1) is 0 Å². The van der Waals surface area contributed by atoms with Crippen LogP contribution in [0.15, 0.2) is 12.4 Å². The lowest BCUT2D eigenvalue weighted by Crippen LogP contribution is -2.41. The number of aromatic nitrogens is 2. The smallest absolute Gasteiger partial charge is 0.131 e. The zero-order valence-electron chi connectivity index (χ0n) is 12.3. The second-order valence-corrected chi connectivity index (χ2v) is 6.20. The summed E-state index contributed by atoms with van der Waals surface area (Å²) >= 11 is 0. The Hall–Kier alpha value is -1.36. The number of hydrogen-bond donors (Lipinski definition) is 3. The van der Waals surface area contributed by atoms with E-state index in [1.54, 1.807) is 6.33 Å². The lowest BCUT2D eigenvalue weighted by Gasteiger charge is -2.27. The quantitative estimate of drug-likeness (QED) is 0.748. The molecule has 0 aromatic carbocycles. The first-order chi connectivity index (χ1) is 8.22. The molecule has 5 heteroatoms. The molecule has 0 atom stereocenters. The van der Waals surface area contributed by atoms with Gasteiger partial charge in [-0.05, 0) is 41.7 Å². The van der Waals surface area contributed by atoms with Crippen molar-refractivity contribution in [2.75, 3.05) is 24.2 Å². The lowest BCUT2D eigenvalue weighted by molar-refractivity contribution is 0.528. The summed E-state index contributed by atoms with van der Waals surface area (Å²) in [4.78, 5) is 8.47. The number of anilines is 2. The molecule has 0 spiro atoms. The van der Waals surface area contributed by atoms with Crippen LogP contribution in [-0.4, -0.2) is 34.6 Å². The van der Waals surface area contributed by atoms with Gasteiger partial charge >= 0.3 is 0 Å². The van der Waals surface area contributed by atoms with Crippen molar-refractivity contribution in [2.24, 2.45) is 0 Å². The number of hydrogen-bond acceptors (Lipinski definition) is 5. The van der Waals surface area contributed by atoms with Crippen molar-refractivity contribution in [1.82, 2.24) is 15.3 Å². The number of nitrogens with zero attached hydrogens (tertiary/aromatic N) is 2. The average Bonchev–Trinajstić information content (AvgIpc) is 2.13. The molecule has 3 N–H and O–H groups in total. The molecule has 5 nitrogen and oxygen atoms in total. The topological polar surface area (TPSA) is 61.9 Å². The zero-order valence-corrected chi connectivity index (χ0v) is 12.3. The first-order valence-corrected chi connectivity index (χ1v) is 6.25. The molecule has 102 valence electrons. The van der Waals surface area contributed by atoms with Gasteiger partial charge in [0, 0.05) is 23.7 Å². The Kier molecular flexibility index (Phi) is 4.51. The maximum Gasteiger partial charge on any atom is 0.131 e. The minimum absolute atomic E-state index is 0.00782. The van der Waals surface area contributed by atoms with Crippen molar-refractivity contribution < 1.29 is 0 Å². The molecule has 0 aliphatic carbocycles. The molecule has 1 aromatic rings. The standard InChI is InChI=1S/C13H25N5/c1-12(2,3)17-10-7-11(16-9-15-10)18-13(4,5)8-14-6/h7,9,14H,8H2,1-6H3,(H2,15,16,17,18). The average molecular weight is 251 g/mol. The summed E-state index contributed by atoms with van der Waals surface area (Å²) in [5.41, 5.74) is -0.0613. The minimum atomic E-state index is -0.0535. The predicted molar refractivity (Wildman–Crippen MR) is 77.0 cm³/mol. The summed E-state index contributed by atoms with van der Waals surface area (Å²) in [7, 11) is 1.94. The highest BCUT2D eigenvalue weighted by Crippen LogP contribution is 2.17. The van der Waals surface area contributed by atoms with Crippen LogP contribution in [-0.2, 0) is 0 Å². The molecule has 1 rings (SSSR count). The summed E-state index contributed by atoms with van der Waals surface area (Å²) in [5, 5.41) is 9.88. The van der Waals surface area contributed by atoms with Gasteiger partial charge in [0.1, 0.15) is 18.0 Å². The van der Waals surface area contributed by atoms with E-state index in [1.807, 2.05) is 13.1 Å². The van der Waals surface area contributed by atoms with Gasteiger partial charge in [0.15, 0.2) is 0 Å². The van der Waals surface area contributed by atoms with Crippen molar-refractivity contribution >= 4 is 11.6 Å². The molecule has 1 aromatic heterocycles. The van der Waals surface area contributed by atoms with Crippen molar-refractivity contribution in [3.8, 4) is 0 Å². The second kappa shape index (κ2) is 5.52. The lowest BCUT2D eigenvalue weighted by atomic mass is 10.1. The highest BCUT2D eigenvalue weighted by Gasteiger charge is 2.17. The molecule has 0 unspecified atom stereocenters. The number of nitrogens with one attached hydrogen (secondary N) is 3. The van der Waals surface area contributed by atoms with E-state index in [2.05, 4.69) is 60.5 Å². The molecule has 18 heavy (non-hydrogen) atoms. The van der Waals surface area contributed by atoms with Crippen LogP contribution in [0.3, 0.4) is 0 Å². The molecule has 0 amide bonds. The van der Waals surface area contributed by atoms with Crippen LogP contribution in [0.25, 0.3) is 0 Å². The Bertz CT molecular complexity index is 381. The molecule has 0 bridgehead atoms. The first kappa shape index (κ1) is 14.7. The van der Waals surface area contributed by atoms with Crippen molar-refractivity contribution in [3.05, 3.63) is 12.4 Å². The van der Waals surface area contributed by atoms with Crippen LogP contribution in [0.5, 0.6) is 0 Å². The number of likely N-dealkylation sites (N-methyl/N-ethyl adjacent to an activating group) is 1. The molecule has 0 saturated carbocycles. The minimum Gasteiger partial charge on any atom is -0.365 e. The van der Waals surface area contributed by atoms with E-state index in [0.717, 1.165) is 18.2 Å². The van der Waals surface area contributed by atoms with Crippen LogP contribution in [0.1, 0.15) is 34.6 Å². The largest absolute Gasteiger partial charge is 0.365 e. The third-order valence-electron chi connectivity index (χ3n) is 2.26. The highest BCUT2D eigenvalue weighted by molar-refractivity contribution is 5.48. The van der Waals surface area contributed by atoms with E-state index in [-0.39, 0.29) is 11.1 Å². The Balaban J connectivity index is 2.76. The fourth-order valence-electron chi connectivity index (χ4n) is 1.71. The first-order valence-electron chi connectivity index (χ1n) is 6.25. The Labute approximate surface area is 110 Å². The SMILES string of the molecule is CNCC(C)(C)Nc1cc(NC(C)(C)C)ncn1. The molecule has 0 fully saturated rings. The molecular weight excluding hydrogens is 226 g/mol. The Morgan fingerprint density at radius 1 is 1.00 bits per heavy atom. The van der Waals surface area contributed by atoms with E-state index in [1.165, 1.54) is 0 Å². The van der Waals surface area contributed by atoms with E-state index in [9.17, 15) is 0 Å². The fraction of sp³-hybridized carbons (Fsp3) is 0.692. The Morgan fingerprint density at radius 2 is 1.56 bits per heavy atom. The van der Waals surface area contributed by atoms with Crippen molar-refractivity contribution in [1.29, 1.82) is 0 Å². The van der Waals surface area contributed by atoms with Crippen molar-refractivity contribution in [2.45, 2.75) is 45.7 Å². The monoisotopic (exact) mass is 251 g/mol. The van der Waals surface area contributed by atoms with Gasteiger partial charge in [-0.2, -0.15) is 0 Å². The van der Waals surface area contributed by atoms with Gasteiger partial charge in [-0.15, -0.1) is 0 Å². The summed E-state index contributed by atoms with van der Waals surface area (Å²) in [6, 6.07) is 1.93. The maximum absolute atomic E-state index is 4.25. The molecule has 0 aliphatic heterocycles. The molecular formula is C13H25N5. The van der Waals surface area contributed by atoms with Crippen LogP contribution in [0.4, 0.5) is 11.6 Å². The third kappa shape index (κ3) is 5.31. The summed E-state index contributed by atoms with van der Waals surface area (Å²) in [6.07, 6.45) is 1.58.